The van der Waals surface area contributed by atoms with Crippen LogP contribution in [0.1, 0.15) is 23.6 Å². The fraction of sp³-hybridized carbons (Fsp3) is 0.143. The number of nitrogens with zero attached hydrogens (tertiary/aromatic N) is 4. The molecule has 0 fully saturated rings. The second kappa shape index (κ2) is 7.48. The van der Waals surface area contributed by atoms with Crippen molar-refractivity contribution in [1.82, 2.24) is 19.9 Å². The third kappa shape index (κ3) is 3.80. The number of rotatable bonds is 5. The highest BCUT2D eigenvalue weighted by molar-refractivity contribution is 5.94. The van der Waals surface area contributed by atoms with E-state index in [-0.39, 0.29) is 35.1 Å². The Labute approximate surface area is 169 Å². The van der Waals surface area contributed by atoms with Gasteiger partial charge in [-0.1, -0.05) is 12.1 Å². The Kier molecular flexibility index (Phi) is 4.83. The van der Waals surface area contributed by atoms with Gasteiger partial charge >= 0.3 is 0 Å². The number of anilines is 1. The normalized spacial score (nSPS) is 11.4. The summed E-state index contributed by atoms with van der Waals surface area (Å²) in [5.41, 5.74) is 1.76. The Hall–Kier alpha value is -3.93. The van der Waals surface area contributed by atoms with Crippen LogP contribution in [0.5, 0.6) is 0 Å². The Morgan fingerprint density at radius 3 is 2.77 bits per heavy atom. The van der Waals surface area contributed by atoms with E-state index in [4.69, 9.17) is 0 Å². The van der Waals surface area contributed by atoms with Crippen LogP contribution >= 0.6 is 0 Å². The van der Waals surface area contributed by atoms with E-state index in [9.17, 15) is 18.4 Å². The minimum Gasteiger partial charge on any atom is -0.350 e. The second-order valence-corrected chi connectivity index (χ2v) is 6.76. The molecule has 0 aliphatic carbocycles. The minimum atomic E-state index is -3.06. The van der Waals surface area contributed by atoms with E-state index in [2.05, 4.69) is 25.3 Å². The molecule has 150 valence electrons. The molecule has 0 amide bonds. The average Bonchev–Trinajstić information content (AvgIpc) is 3.14. The first-order chi connectivity index (χ1) is 14.3. The molecule has 3 heterocycles. The van der Waals surface area contributed by atoms with Gasteiger partial charge in [0.2, 0.25) is 5.95 Å². The van der Waals surface area contributed by atoms with Crippen LogP contribution in [-0.2, 0) is 12.5 Å². The van der Waals surface area contributed by atoms with Gasteiger partial charge in [-0.05, 0) is 23.8 Å². The molecule has 0 aliphatic rings. The molecule has 6 nitrogen and oxygen atoms in total. The first-order valence-electron chi connectivity index (χ1n) is 8.96. The standard InChI is InChI=1S/C21H15F3N6/c1-21(23,24)14-6-16-17(11-27-19(16)26-10-14)18-13(7-25)9-29-20(30-18)28-8-12-3-2-4-15(22)5-12/h2-6,9-11H,8H2,1H3,(H,26,27)(H,28,29,30). The predicted octanol–water partition coefficient (Wildman–Crippen LogP) is 4.75. The molecule has 0 spiro atoms. The quantitative estimate of drug-likeness (QED) is 0.497. The van der Waals surface area contributed by atoms with Crippen LogP contribution in [-0.4, -0.2) is 19.9 Å². The average molecular weight is 408 g/mol. The van der Waals surface area contributed by atoms with Gasteiger partial charge in [-0.15, -0.1) is 0 Å². The van der Waals surface area contributed by atoms with Gasteiger partial charge < -0.3 is 10.3 Å². The maximum absolute atomic E-state index is 13.8. The number of hydrogen-bond acceptors (Lipinski definition) is 5. The molecule has 4 aromatic rings. The number of benzene rings is 1. The van der Waals surface area contributed by atoms with Crippen LogP contribution < -0.4 is 5.32 Å². The van der Waals surface area contributed by atoms with Crippen molar-refractivity contribution < 1.29 is 13.2 Å². The molecule has 4 rings (SSSR count). The number of aromatic amines is 1. The fourth-order valence-corrected chi connectivity index (χ4v) is 3.02. The van der Waals surface area contributed by atoms with E-state index in [0.29, 0.717) is 22.2 Å². The van der Waals surface area contributed by atoms with E-state index in [1.165, 1.54) is 24.4 Å². The Morgan fingerprint density at radius 2 is 2.03 bits per heavy atom. The highest BCUT2D eigenvalue weighted by Crippen LogP contribution is 2.33. The van der Waals surface area contributed by atoms with E-state index >= 15 is 0 Å². The Balaban J connectivity index is 1.73. The summed E-state index contributed by atoms with van der Waals surface area (Å²) >= 11 is 0. The maximum Gasteiger partial charge on any atom is 0.272 e. The number of alkyl halides is 2. The van der Waals surface area contributed by atoms with Gasteiger partial charge in [-0.3, -0.25) is 0 Å². The van der Waals surface area contributed by atoms with Crippen molar-refractivity contribution in [1.29, 1.82) is 5.26 Å². The van der Waals surface area contributed by atoms with Crippen LogP contribution in [0, 0.1) is 17.1 Å². The zero-order chi connectivity index (χ0) is 21.3. The predicted molar refractivity (Wildman–Crippen MR) is 105 cm³/mol. The molecule has 3 aromatic heterocycles. The molecule has 30 heavy (non-hydrogen) atoms. The summed E-state index contributed by atoms with van der Waals surface area (Å²) in [4.78, 5) is 15.5. The first kappa shape index (κ1) is 19.4. The lowest BCUT2D eigenvalue weighted by Gasteiger charge is -2.11. The molecule has 9 heteroatoms. The summed E-state index contributed by atoms with van der Waals surface area (Å²) in [6.07, 6.45) is 4.02. The molecule has 2 N–H and O–H groups in total. The van der Waals surface area contributed by atoms with Crippen molar-refractivity contribution in [3.63, 3.8) is 0 Å². The lowest BCUT2D eigenvalue weighted by molar-refractivity contribution is 0.0173. The van der Waals surface area contributed by atoms with Gasteiger partial charge in [0.05, 0.1) is 17.5 Å². The number of pyridine rings is 1. The zero-order valence-corrected chi connectivity index (χ0v) is 15.7. The molecule has 0 aliphatic heterocycles. The minimum absolute atomic E-state index is 0.181. The third-order valence-electron chi connectivity index (χ3n) is 4.54. The summed E-state index contributed by atoms with van der Waals surface area (Å²) in [5.74, 6) is -3.20. The van der Waals surface area contributed by atoms with Crippen molar-refractivity contribution in [2.24, 2.45) is 0 Å². The molecular weight excluding hydrogens is 393 g/mol. The van der Waals surface area contributed by atoms with Gasteiger partial charge in [-0.2, -0.15) is 5.26 Å². The summed E-state index contributed by atoms with van der Waals surface area (Å²) in [6, 6.07) is 9.42. The highest BCUT2D eigenvalue weighted by atomic mass is 19.3. The fourth-order valence-electron chi connectivity index (χ4n) is 3.02. The van der Waals surface area contributed by atoms with Crippen molar-refractivity contribution in [2.75, 3.05) is 5.32 Å². The molecule has 1 aromatic carbocycles. The summed E-state index contributed by atoms with van der Waals surface area (Å²) < 4.78 is 40.9. The highest BCUT2D eigenvalue weighted by Gasteiger charge is 2.26. The SMILES string of the molecule is CC(F)(F)c1cnc2[nH]cc(-c3nc(NCc4cccc(F)c4)ncc3C#N)c2c1. The van der Waals surface area contributed by atoms with E-state index < -0.39 is 5.92 Å². The molecule has 0 atom stereocenters. The number of aromatic nitrogens is 4. The molecular formula is C21H15F3N6. The number of halogens is 3. The number of nitriles is 1. The molecule has 0 radical (unpaired) electrons. The lowest BCUT2D eigenvalue weighted by Crippen LogP contribution is -2.07. The number of H-pyrrole nitrogens is 1. The van der Waals surface area contributed by atoms with Crippen molar-refractivity contribution in [3.8, 4) is 17.3 Å². The monoisotopic (exact) mass is 408 g/mol. The topological polar surface area (TPSA) is 90.3 Å². The Morgan fingerprint density at radius 1 is 1.20 bits per heavy atom. The van der Waals surface area contributed by atoms with Gasteiger partial charge in [0.25, 0.3) is 5.92 Å². The van der Waals surface area contributed by atoms with E-state index in [1.807, 2.05) is 6.07 Å². The van der Waals surface area contributed by atoms with Crippen molar-refractivity contribution in [2.45, 2.75) is 19.4 Å². The largest absolute Gasteiger partial charge is 0.350 e. The number of hydrogen-bond donors (Lipinski definition) is 2. The van der Waals surface area contributed by atoms with Crippen LogP contribution in [0.25, 0.3) is 22.3 Å². The van der Waals surface area contributed by atoms with Crippen molar-refractivity contribution in [3.05, 3.63) is 71.4 Å². The van der Waals surface area contributed by atoms with Crippen LogP contribution in [0.4, 0.5) is 19.1 Å². The smallest absolute Gasteiger partial charge is 0.272 e. The third-order valence-corrected chi connectivity index (χ3v) is 4.54. The molecule has 0 saturated carbocycles. The van der Waals surface area contributed by atoms with E-state index in [1.54, 1.807) is 18.3 Å². The summed E-state index contributed by atoms with van der Waals surface area (Å²) in [6.45, 7) is 1.06. The van der Waals surface area contributed by atoms with Crippen LogP contribution in [0.3, 0.4) is 0 Å². The van der Waals surface area contributed by atoms with Gasteiger partial charge in [0, 0.05) is 42.4 Å². The lowest BCUT2D eigenvalue weighted by atomic mass is 10.1. The van der Waals surface area contributed by atoms with Crippen LogP contribution in [0.2, 0.25) is 0 Å². The Bertz CT molecular complexity index is 1270. The molecule has 0 unspecified atom stereocenters. The van der Waals surface area contributed by atoms with Crippen molar-refractivity contribution >= 4 is 17.0 Å². The zero-order valence-electron chi connectivity index (χ0n) is 15.7. The second-order valence-electron chi connectivity index (χ2n) is 6.76. The van der Waals surface area contributed by atoms with Gasteiger partial charge in [0.15, 0.2) is 0 Å². The van der Waals surface area contributed by atoms with Gasteiger partial charge in [-0.25, -0.2) is 28.1 Å². The maximum atomic E-state index is 13.8. The number of fused-ring (bicyclic) bond motifs is 1. The van der Waals surface area contributed by atoms with Gasteiger partial charge in [0.1, 0.15) is 17.5 Å². The molecule has 0 bridgehead atoms. The first-order valence-corrected chi connectivity index (χ1v) is 8.96. The van der Waals surface area contributed by atoms with E-state index in [0.717, 1.165) is 13.1 Å². The summed E-state index contributed by atoms with van der Waals surface area (Å²) in [5, 5.41) is 12.9. The molecule has 0 saturated heterocycles. The van der Waals surface area contributed by atoms with Crippen LogP contribution in [0.15, 0.2) is 48.9 Å². The summed E-state index contributed by atoms with van der Waals surface area (Å²) in [7, 11) is 0. The number of nitrogens with one attached hydrogen (secondary N) is 2.